The number of aliphatic hydroxyl groups is 7. The third-order valence-electron chi connectivity index (χ3n) is 12.7. The first-order chi connectivity index (χ1) is 28.6. The van der Waals surface area contributed by atoms with Crippen molar-refractivity contribution >= 4 is 5.91 Å². The van der Waals surface area contributed by atoms with Crippen LogP contribution in [0.15, 0.2) is 0 Å². The van der Waals surface area contributed by atoms with E-state index < -0.39 is 74.2 Å². The SMILES string of the molecule is CCCCCCCCCCCCCCCCCCCCCC[C@@H](O)C(=O)N[C@@H](CO[C@@H]1O[C@H](CO)[C@H](O)[C@H](O)[C@H]1O)[C@H](O)[C@H](O)CCCCCCCCCCC(C)CC. The summed E-state index contributed by atoms with van der Waals surface area (Å²) in [5.74, 6) is 0.104. The second kappa shape index (κ2) is 37.6. The summed E-state index contributed by atoms with van der Waals surface area (Å²) in [5, 5.41) is 75.7. The van der Waals surface area contributed by atoms with Crippen molar-refractivity contribution in [3.8, 4) is 0 Å². The summed E-state index contributed by atoms with van der Waals surface area (Å²) in [7, 11) is 0. The first-order valence-electron chi connectivity index (χ1n) is 24.8. The molecule has 1 fully saturated rings. The van der Waals surface area contributed by atoms with Gasteiger partial charge >= 0.3 is 0 Å². The first-order valence-corrected chi connectivity index (χ1v) is 24.8. The molecule has 1 unspecified atom stereocenters. The van der Waals surface area contributed by atoms with Crippen molar-refractivity contribution in [3.05, 3.63) is 0 Å². The zero-order chi connectivity index (χ0) is 43.5. The predicted molar refractivity (Wildman–Crippen MR) is 238 cm³/mol. The highest BCUT2D eigenvalue weighted by Crippen LogP contribution is 2.23. The van der Waals surface area contributed by atoms with Crippen LogP contribution in [0.1, 0.15) is 226 Å². The molecule has 1 aliphatic rings. The summed E-state index contributed by atoms with van der Waals surface area (Å²) in [5.41, 5.74) is 0. The molecule has 0 saturated carbocycles. The number of hydrogen-bond donors (Lipinski definition) is 8. The Morgan fingerprint density at radius 3 is 1.41 bits per heavy atom. The van der Waals surface area contributed by atoms with Crippen molar-refractivity contribution in [1.29, 1.82) is 0 Å². The fourth-order valence-electron chi connectivity index (χ4n) is 8.18. The monoisotopic (exact) mass is 846 g/mol. The molecule has 0 radical (unpaired) electrons. The second-order valence-electron chi connectivity index (χ2n) is 18.1. The van der Waals surface area contributed by atoms with Crippen LogP contribution in [0.5, 0.6) is 0 Å². The lowest BCUT2D eigenvalue weighted by Crippen LogP contribution is -2.60. The molecule has 0 aromatic carbocycles. The number of aliphatic hydroxyl groups excluding tert-OH is 7. The topological polar surface area (TPSA) is 189 Å². The van der Waals surface area contributed by atoms with Crippen molar-refractivity contribution in [2.75, 3.05) is 13.2 Å². The minimum atomic E-state index is -1.66. The highest BCUT2D eigenvalue weighted by molar-refractivity contribution is 5.80. The van der Waals surface area contributed by atoms with Gasteiger partial charge in [0.05, 0.1) is 25.4 Å². The van der Waals surface area contributed by atoms with Crippen molar-refractivity contribution in [2.24, 2.45) is 5.92 Å². The smallest absolute Gasteiger partial charge is 0.249 e. The van der Waals surface area contributed by atoms with Crippen molar-refractivity contribution < 1.29 is 50.0 Å². The van der Waals surface area contributed by atoms with Crippen LogP contribution in [0, 0.1) is 5.92 Å². The number of carbonyl (C=O) groups is 1. The van der Waals surface area contributed by atoms with Crippen molar-refractivity contribution in [2.45, 2.75) is 281 Å². The quantitative estimate of drug-likeness (QED) is 0.0277. The zero-order valence-electron chi connectivity index (χ0n) is 38.2. The molecule has 1 aliphatic heterocycles. The van der Waals surface area contributed by atoms with Crippen LogP contribution in [-0.2, 0) is 14.3 Å². The van der Waals surface area contributed by atoms with Crippen LogP contribution in [0.25, 0.3) is 0 Å². The molecule has 1 rings (SSSR count). The van der Waals surface area contributed by atoms with Gasteiger partial charge in [0.1, 0.15) is 36.6 Å². The van der Waals surface area contributed by atoms with Gasteiger partial charge in [-0.05, 0) is 18.8 Å². The van der Waals surface area contributed by atoms with E-state index in [1.807, 2.05) is 0 Å². The molecular weight excluding hydrogens is 751 g/mol. The van der Waals surface area contributed by atoms with E-state index in [2.05, 4.69) is 26.1 Å². The van der Waals surface area contributed by atoms with E-state index in [0.717, 1.165) is 44.4 Å². The standard InChI is InChI=1S/C48H95NO10/c1-4-6-7-8-9-10-11-12-13-14-15-16-17-18-19-20-21-26-29-32-35-41(52)47(57)49-39(37-58-48-46(56)45(55)44(54)42(36-50)59-48)43(53)40(51)34-31-28-25-23-22-24-27-30-33-38(3)5-2/h38-46,48,50-56H,4-37H2,1-3H3,(H,49,57)/t38?,39-,40+,41+,42+,43-,44-,45-,46+,48+/m0/s1. The Balaban J connectivity index is 2.37. The summed E-state index contributed by atoms with van der Waals surface area (Å²) in [6.07, 6.45) is 25.9. The first kappa shape index (κ1) is 56.1. The molecule has 1 amide bonds. The van der Waals surface area contributed by atoms with Gasteiger partial charge in [-0.3, -0.25) is 4.79 Å². The second-order valence-corrected chi connectivity index (χ2v) is 18.1. The van der Waals surface area contributed by atoms with Gasteiger partial charge in [-0.1, -0.05) is 213 Å². The van der Waals surface area contributed by atoms with Gasteiger partial charge in [-0.2, -0.15) is 0 Å². The Bertz CT molecular complexity index is 943. The van der Waals surface area contributed by atoms with E-state index >= 15 is 0 Å². The summed E-state index contributed by atoms with van der Waals surface area (Å²) in [6.45, 7) is 5.77. The van der Waals surface area contributed by atoms with Gasteiger partial charge < -0.3 is 50.5 Å². The zero-order valence-corrected chi connectivity index (χ0v) is 38.2. The van der Waals surface area contributed by atoms with E-state index in [4.69, 9.17) is 9.47 Å². The van der Waals surface area contributed by atoms with E-state index in [1.54, 1.807) is 0 Å². The van der Waals surface area contributed by atoms with Crippen LogP contribution >= 0.6 is 0 Å². The normalized spacial score (nSPS) is 22.2. The molecular formula is C48H95NO10. The maximum Gasteiger partial charge on any atom is 0.249 e. The maximum atomic E-state index is 13.1. The van der Waals surface area contributed by atoms with Gasteiger partial charge in [-0.15, -0.1) is 0 Å². The van der Waals surface area contributed by atoms with Crippen molar-refractivity contribution in [3.63, 3.8) is 0 Å². The highest BCUT2D eigenvalue weighted by atomic mass is 16.7. The number of amides is 1. The number of hydrogen-bond acceptors (Lipinski definition) is 10. The molecule has 352 valence electrons. The van der Waals surface area contributed by atoms with Gasteiger partial charge in [0.25, 0.3) is 0 Å². The molecule has 0 aromatic rings. The summed E-state index contributed by atoms with van der Waals surface area (Å²) < 4.78 is 11.1. The van der Waals surface area contributed by atoms with Gasteiger partial charge in [-0.25, -0.2) is 0 Å². The third-order valence-corrected chi connectivity index (χ3v) is 12.7. The van der Waals surface area contributed by atoms with E-state index in [-0.39, 0.29) is 6.42 Å². The molecule has 59 heavy (non-hydrogen) atoms. The number of unbranched alkanes of at least 4 members (excludes halogenated alkanes) is 26. The van der Waals surface area contributed by atoms with Crippen LogP contribution < -0.4 is 5.32 Å². The average Bonchev–Trinajstić information content (AvgIpc) is 3.24. The molecule has 0 bridgehead atoms. The lowest BCUT2D eigenvalue weighted by Gasteiger charge is -2.40. The van der Waals surface area contributed by atoms with Crippen LogP contribution in [0.2, 0.25) is 0 Å². The Morgan fingerprint density at radius 1 is 0.576 bits per heavy atom. The molecule has 10 atom stereocenters. The molecule has 8 N–H and O–H groups in total. The van der Waals surface area contributed by atoms with Crippen LogP contribution in [-0.4, -0.2) is 110 Å². The van der Waals surface area contributed by atoms with Gasteiger partial charge in [0.2, 0.25) is 5.91 Å². The molecule has 0 spiro atoms. The minimum Gasteiger partial charge on any atom is -0.394 e. The summed E-state index contributed by atoms with van der Waals surface area (Å²) in [4.78, 5) is 13.1. The van der Waals surface area contributed by atoms with Crippen molar-refractivity contribution in [1.82, 2.24) is 5.32 Å². The Morgan fingerprint density at radius 2 is 0.983 bits per heavy atom. The van der Waals surface area contributed by atoms with E-state index in [1.165, 1.54) is 141 Å². The predicted octanol–water partition coefficient (Wildman–Crippen LogP) is 8.53. The Kier molecular flexibility index (Phi) is 35.8. The average molecular weight is 846 g/mol. The molecule has 11 nitrogen and oxygen atoms in total. The number of carbonyl (C=O) groups excluding carboxylic acids is 1. The highest BCUT2D eigenvalue weighted by Gasteiger charge is 2.44. The summed E-state index contributed by atoms with van der Waals surface area (Å²) in [6, 6.07) is -1.16. The molecule has 0 aromatic heterocycles. The van der Waals surface area contributed by atoms with E-state index in [0.29, 0.717) is 19.3 Å². The number of rotatable bonds is 41. The van der Waals surface area contributed by atoms with Gasteiger partial charge in [0, 0.05) is 0 Å². The molecule has 1 saturated heterocycles. The summed E-state index contributed by atoms with van der Waals surface area (Å²) >= 11 is 0. The Hall–Kier alpha value is -0.890. The van der Waals surface area contributed by atoms with E-state index in [9.17, 15) is 40.5 Å². The molecule has 1 heterocycles. The third kappa shape index (κ3) is 27.7. The fourth-order valence-corrected chi connectivity index (χ4v) is 8.18. The van der Waals surface area contributed by atoms with Crippen LogP contribution in [0.4, 0.5) is 0 Å². The van der Waals surface area contributed by atoms with Gasteiger partial charge in [0.15, 0.2) is 6.29 Å². The lowest BCUT2D eigenvalue weighted by molar-refractivity contribution is -0.303. The molecule has 0 aliphatic carbocycles. The maximum absolute atomic E-state index is 13.1. The molecule has 11 heteroatoms. The van der Waals surface area contributed by atoms with Crippen LogP contribution in [0.3, 0.4) is 0 Å². The lowest BCUT2D eigenvalue weighted by atomic mass is 9.98. The fraction of sp³-hybridized carbons (Fsp3) is 0.979. The number of ether oxygens (including phenoxy) is 2. The minimum absolute atomic E-state index is 0.265. The largest absolute Gasteiger partial charge is 0.394 e. The Labute approximate surface area is 360 Å². The number of nitrogens with one attached hydrogen (secondary N) is 1.